The highest BCUT2D eigenvalue weighted by molar-refractivity contribution is 5.97. The third kappa shape index (κ3) is 2.13. The van der Waals surface area contributed by atoms with Crippen molar-refractivity contribution in [3.8, 4) is 11.4 Å². The molecule has 0 aliphatic carbocycles. The zero-order valence-corrected chi connectivity index (χ0v) is 13.1. The molecule has 24 heavy (non-hydrogen) atoms. The van der Waals surface area contributed by atoms with Gasteiger partial charge in [-0.3, -0.25) is 10.1 Å². The molecule has 5 nitrogen and oxygen atoms in total. The number of fused-ring (bicyclic) bond motifs is 2. The summed E-state index contributed by atoms with van der Waals surface area (Å²) in [4.78, 5) is 7.59. The molecule has 4 heterocycles. The molecule has 5 rings (SSSR count). The van der Waals surface area contributed by atoms with Crippen LogP contribution < -0.4 is 5.32 Å². The van der Waals surface area contributed by atoms with Crippen LogP contribution in [-0.4, -0.2) is 33.3 Å². The minimum Gasteiger partial charge on any atom is -0.352 e. The highest BCUT2D eigenvalue weighted by atomic mass is 15.1. The van der Waals surface area contributed by atoms with Gasteiger partial charge in [-0.2, -0.15) is 5.10 Å². The molecular formula is C19H17N5. The van der Waals surface area contributed by atoms with Gasteiger partial charge in [0.2, 0.25) is 0 Å². The third-order valence-corrected chi connectivity index (χ3v) is 4.68. The first-order valence-electron chi connectivity index (χ1n) is 8.20. The molecule has 0 unspecified atom stereocenters. The molecule has 0 bridgehead atoms. The predicted molar refractivity (Wildman–Crippen MR) is 96.6 cm³/mol. The Hall–Kier alpha value is -2.92. The maximum absolute atomic E-state index is 4.54. The van der Waals surface area contributed by atoms with Crippen LogP contribution in [0.2, 0.25) is 0 Å². The summed E-state index contributed by atoms with van der Waals surface area (Å²) < 4.78 is 0. The van der Waals surface area contributed by atoms with Gasteiger partial charge in [0, 0.05) is 23.5 Å². The van der Waals surface area contributed by atoms with Gasteiger partial charge in [-0.05, 0) is 48.4 Å². The summed E-state index contributed by atoms with van der Waals surface area (Å²) in [5.41, 5.74) is 6.74. The van der Waals surface area contributed by atoms with Crippen molar-refractivity contribution < 1.29 is 0 Å². The Morgan fingerprint density at radius 1 is 1.04 bits per heavy atom. The minimum atomic E-state index is 0.945. The molecule has 0 amide bonds. The highest BCUT2D eigenvalue weighted by Crippen LogP contribution is 2.31. The Balaban J connectivity index is 1.66. The molecule has 1 aromatic carbocycles. The lowest BCUT2D eigenvalue weighted by molar-refractivity contribution is 0.739. The molecule has 0 saturated heterocycles. The quantitative estimate of drug-likeness (QED) is 0.530. The molecule has 0 spiro atoms. The van der Waals surface area contributed by atoms with Gasteiger partial charge in [-0.25, -0.2) is 0 Å². The fraction of sp³-hybridized carbons (Fsp3) is 0.158. The van der Waals surface area contributed by atoms with Crippen LogP contribution in [0.1, 0.15) is 12.0 Å². The number of aromatic nitrogens is 4. The van der Waals surface area contributed by atoms with Crippen LogP contribution in [0.4, 0.5) is 0 Å². The van der Waals surface area contributed by atoms with Gasteiger partial charge in [-0.15, -0.1) is 0 Å². The van der Waals surface area contributed by atoms with E-state index in [1.54, 1.807) is 0 Å². The molecule has 1 aliphatic heterocycles. The fourth-order valence-corrected chi connectivity index (χ4v) is 3.40. The summed E-state index contributed by atoms with van der Waals surface area (Å²) >= 11 is 0. The molecular weight excluding hydrogens is 298 g/mol. The Morgan fingerprint density at radius 2 is 2.04 bits per heavy atom. The first-order chi connectivity index (χ1) is 11.9. The zero-order chi connectivity index (χ0) is 15.9. The van der Waals surface area contributed by atoms with Gasteiger partial charge in [0.15, 0.2) is 0 Å². The number of pyridine rings is 1. The lowest BCUT2D eigenvalue weighted by atomic mass is 9.98. The second-order valence-electron chi connectivity index (χ2n) is 6.16. The van der Waals surface area contributed by atoms with Crippen LogP contribution >= 0.6 is 0 Å². The van der Waals surface area contributed by atoms with E-state index in [1.807, 2.05) is 18.5 Å². The van der Waals surface area contributed by atoms with E-state index in [-0.39, 0.29) is 0 Å². The number of hydrogen-bond donors (Lipinski definition) is 3. The highest BCUT2D eigenvalue weighted by Gasteiger charge is 2.13. The first kappa shape index (κ1) is 13.5. The van der Waals surface area contributed by atoms with Crippen LogP contribution in [0.25, 0.3) is 38.8 Å². The molecule has 3 aromatic heterocycles. The van der Waals surface area contributed by atoms with Crippen LogP contribution in [0.3, 0.4) is 0 Å². The van der Waals surface area contributed by atoms with Crippen molar-refractivity contribution >= 4 is 27.4 Å². The number of H-pyrrole nitrogens is 2. The van der Waals surface area contributed by atoms with Crippen molar-refractivity contribution in [2.45, 2.75) is 6.42 Å². The second kappa shape index (κ2) is 5.32. The summed E-state index contributed by atoms with van der Waals surface area (Å²) in [6, 6.07) is 10.7. The number of rotatable bonds is 2. The Morgan fingerprint density at radius 3 is 2.92 bits per heavy atom. The van der Waals surface area contributed by atoms with Crippen LogP contribution in [0.5, 0.6) is 0 Å². The molecule has 5 heteroatoms. The summed E-state index contributed by atoms with van der Waals surface area (Å²) in [5.74, 6) is 0. The van der Waals surface area contributed by atoms with E-state index in [0.29, 0.717) is 0 Å². The molecule has 118 valence electrons. The van der Waals surface area contributed by atoms with E-state index in [0.717, 1.165) is 52.7 Å². The monoisotopic (exact) mass is 315 g/mol. The Bertz CT molecular complexity index is 1040. The topological polar surface area (TPSA) is 69.4 Å². The third-order valence-electron chi connectivity index (χ3n) is 4.68. The predicted octanol–water partition coefficient (Wildman–Crippen LogP) is 3.48. The summed E-state index contributed by atoms with van der Waals surface area (Å²) in [5, 5.41) is 13.3. The van der Waals surface area contributed by atoms with Gasteiger partial charge in [0.05, 0.1) is 22.9 Å². The average molecular weight is 315 g/mol. The van der Waals surface area contributed by atoms with Crippen LogP contribution in [-0.2, 0) is 0 Å². The van der Waals surface area contributed by atoms with Crippen molar-refractivity contribution in [1.82, 2.24) is 25.5 Å². The molecule has 0 saturated carbocycles. The summed E-state index contributed by atoms with van der Waals surface area (Å²) in [7, 11) is 0. The van der Waals surface area contributed by atoms with E-state index >= 15 is 0 Å². The number of hydrogen-bond acceptors (Lipinski definition) is 3. The van der Waals surface area contributed by atoms with Gasteiger partial charge >= 0.3 is 0 Å². The molecule has 4 aromatic rings. The maximum atomic E-state index is 4.54. The normalized spacial score (nSPS) is 15.1. The molecule has 0 atom stereocenters. The molecule has 3 N–H and O–H groups in total. The maximum Gasteiger partial charge on any atom is 0.116 e. The standard InChI is InChI=1S/C19H17N5/c1-2-16-15(9-13(1)12-3-6-20-7-4-12)19(24-23-16)17-10-14-5-8-21-11-18(14)22-17/h1-3,5,8-11,20,22H,4,6-7H2,(H,23,24). The number of benzene rings is 1. The number of aromatic amines is 2. The fourth-order valence-electron chi connectivity index (χ4n) is 3.40. The van der Waals surface area contributed by atoms with E-state index < -0.39 is 0 Å². The second-order valence-corrected chi connectivity index (χ2v) is 6.16. The smallest absolute Gasteiger partial charge is 0.116 e. The van der Waals surface area contributed by atoms with Gasteiger partial charge < -0.3 is 10.3 Å². The largest absolute Gasteiger partial charge is 0.352 e. The Kier molecular flexibility index (Phi) is 2.99. The molecule has 0 radical (unpaired) electrons. The van der Waals surface area contributed by atoms with E-state index in [9.17, 15) is 0 Å². The molecule has 0 fully saturated rings. The van der Waals surface area contributed by atoms with Gasteiger partial charge in [0.1, 0.15) is 5.69 Å². The van der Waals surface area contributed by atoms with E-state index in [2.05, 4.69) is 55.8 Å². The average Bonchev–Trinajstić information content (AvgIpc) is 3.25. The lowest BCUT2D eigenvalue weighted by Crippen LogP contribution is -2.19. The Labute approximate surface area is 138 Å². The minimum absolute atomic E-state index is 0.945. The van der Waals surface area contributed by atoms with Crippen molar-refractivity contribution in [2.24, 2.45) is 0 Å². The van der Waals surface area contributed by atoms with Gasteiger partial charge in [-0.1, -0.05) is 12.1 Å². The van der Waals surface area contributed by atoms with E-state index in [4.69, 9.17) is 0 Å². The number of nitrogens with zero attached hydrogens (tertiary/aromatic N) is 2. The number of nitrogens with one attached hydrogen (secondary N) is 3. The van der Waals surface area contributed by atoms with E-state index in [1.165, 1.54) is 11.1 Å². The zero-order valence-electron chi connectivity index (χ0n) is 13.1. The van der Waals surface area contributed by atoms with Crippen molar-refractivity contribution in [2.75, 3.05) is 13.1 Å². The SMILES string of the molecule is C1=C(c2ccc3[nH]nc(-c4cc5ccncc5[nH]4)c3c2)CCNC1. The van der Waals surface area contributed by atoms with Crippen molar-refractivity contribution in [1.29, 1.82) is 0 Å². The lowest BCUT2D eigenvalue weighted by Gasteiger charge is -2.14. The molecule has 1 aliphatic rings. The van der Waals surface area contributed by atoms with Crippen molar-refractivity contribution in [3.63, 3.8) is 0 Å². The van der Waals surface area contributed by atoms with Crippen LogP contribution in [0.15, 0.2) is 48.8 Å². The van der Waals surface area contributed by atoms with Crippen molar-refractivity contribution in [3.05, 3.63) is 54.4 Å². The summed E-state index contributed by atoms with van der Waals surface area (Å²) in [6.45, 7) is 1.98. The summed E-state index contributed by atoms with van der Waals surface area (Å²) in [6.07, 6.45) is 7.00. The first-order valence-corrected chi connectivity index (χ1v) is 8.20. The van der Waals surface area contributed by atoms with Gasteiger partial charge in [0.25, 0.3) is 0 Å². The van der Waals surface area contributed by atoms with Crippen LogP contribution in [0, 0.1) is 0 Å².